The summed E-state index contributed by atoms with van der Waals surface area (Å²) in [6, 6.07) is 14.4. The fraction of sp³-hybridized carbons (Fsp3) is 0.0526. The van der Waals surface area contributed by atoms with Crippen molar-refractivity contribution in [3.05, 3.63) is 78.5 Å². The second-order valence-electron chi connectivity index (χ2n) is 5.46. The first kappa shape index (κ1) is 13.6. The number of nitrogens with zero attached hydrogens (tertiary/aromatic N) is 3. The molecular formula is C19H14FN3. The standard InChI is InChI=1S/C19H14FN3/c1-13-9-10-21-11-17(13)16-3-2-4-19-18(16)12-22-23(19)15-7-5-14(20)6-8-15/h2-12H,1H3. The third-order valence-corrected chi connectivity index (χ3v) is 4.01. The smallest absolute Gasteiger partial charge is 0.123 e. The summed E-state index contributed by atoms with van der Waals surface area (Å²) in [5.74, 6) is -0.253. The van der Waals surface area contributed by atoms with E-state index in [4.69, 9.17) is 0 Å². The van der Waals surface area contributed by atoms with Crippen LogP contribution in [0.3, 0.4) is 0 Å². The molecule has 2 heterocycles. The first-order chi connectivity index (χ1) is 11.2. The SMILES string of the molecule is Cc1ccncc1-c1cccc2c1cnn2-c1ccc(F)cc1. The van der Waals surface area contributed by atoms with E-state index in [1.807, 2.05) is 35.3 Å². The van der Waals surface area contributed by atoms with E-state index in [9.17, 15) is 4.39 Å². The van der Waals surface area contributed by atoms with Crippen LogP contribution in [0.25, 0.3) is 27.7 Å². The number of pyridine rings is 1. The number of fused-ring (bicyclic) bond motifs is 1. The van der Waals surface area contributed by atoms with E-state index in [1.165, 1.54) is 17.7 Å². The molecule has 2 aromatic carbocycles. The normalized spacial score (nSPS) is 11.0. The maximum atomic E-state index is 13.1. The molecule has 0 spiro atoms. The summed E-state index contributed by atoms with van der Waals surface area (Å²) in [6.45, 7) is 2.07. The van der Waals surface area contributed by atoms with Gasteiger partial charge in [-0.1, -0.05) is 12.1 Å². The molecule has 0 fully saturated rings. The van der Waals surface area contributed by atoms with Crippen molar-refractivity contribution in [3.8, 4) is 16.8 Å². The molecular weight excluding hydrogens is 289 g/mol. The van der Waals surface area contributed by atoms with Crippen molar-refractivity contribution in [2.24, 2.45) is 0 Å². The fourth-order valence-corrected chi connectivity index (χ4v) is 2.82. The van der Waals surface area contributed by atoms with Crippen LogP contribution in [0.15, 0.2) is 67.1 Å². The van der Waals surface area contributed by atoms with E-state index in [0.717, 1.165) is 27.7 Å². The number of aromatic nitrogens is 3. The van der Waals surface area contributed by atoms with Crippen LogP contribution in [-0.2, 0) is 0 Å². The topological polar surface area (TPSA) is 30.7 Å². The second-order valence-corrected chi connectivity index (χ2v) is 5.46. The summed E-state index contributed by atoms with van der Waals surface area (Å²) in [5.41, 5.74) is 5.18. The Labute approximate surface area is 133 Å². The zero-order valence-electron chi connectivity index (χ0n) is 12.6. The van der Waals surface area contributed by atoms with E-state index in [2.05, 4.69) is 23.1 Å². The number of hydrogen-bond acceptors (Lipinski definition) is 2. The number of rotatable bonds is 2. The Balaban J connectivity index is 1.94. The van der Waals surface area contributed by atoms with Crippen LogP contribution in [0.4, 0.5) is 4.39 Å². The summed E-state index contributed by atoms with van der Waals surface area (Å²) < 4.78 is 15.0. The first-order valence-electron chi connectivity index (χ1n) is 7.38. The molecule has 4 aromatic rings. The van der Waals surface area contributed by atoms with E-state index in [0.29, 0.717) is 0 Å². The lowest BCUT2D eigenvalue weighted by Crippen LogP contribution is -1.95. The minimum atomic E-state index is -0.253. The Morgan fingerprint density at radius 2 is 1.74 bits per heavy atom. The van der Waals surface area contributed by atoms with Crippen molar-refractivity contribution in [2.75, 3.05) is 0 Å². The summed E-state index contributed by atoms with van der Waals surface area (Å²) in [6.07, 6.45) is 5.51. The number of halogens is 1. The highest BCUT2D eigenvalue weighted by Crippen LogP contribution is 2.31. The highest BCUT2D eigenvalue weighted by molar-refractivity contribution is 5.95. The van der Waals surface area contributed by atoms with Gasteiger partial charge in [0.15, 0.2) is 0 Å². The van der Waals surface area contributed by atoms with Gasteiger partial charge in [-0.3, -0.25) is 4.98 Å². The molecule has 3 nitrogen and oxygen atoms in total. The van der Waals surface area contributed by atoms with Crippen LogP contribution >= 0.6 is 0 Å². The van der Waals surface area contributed by atoms with E-state index in [1.54, 1.807) is 18.3 Å². The molecule has 0 atom stereocenters. The molecule has 0 amide bonds. The van der Waals surface area contributed by atoms with Crippen LogP contribution in [0.2, 0.25) is 0 Å². The van der Waals surface area contributed by atoms with Gasteiger partial charge in [-0.05, 0) is 54.4 Å². The maximum absolute atomic E-state index is 13.1. The summed E-state index contributed by atoms with van der Waals surface area (Å²) >= 11 is 0. The van der Waals surface area contributed by atoms with Crippen molar-refractivity contribution in [1.29, 1.82) is 0 Å². The van der Waals surface area contributed by atoms with Gasteiger partial charge in [0.05, 0.1) is 17.4 Å². The van der Waals surface area contributed by atoms with Gasteiger partial charge in [-0.15, -0.1) is 0 Å². The first-order valence-corrected chi connectivity index (χ1v) is 7.38. The monoisotopic (exact) mass is 303 g/mol. The quantitative estimate of drug-likeness (QED) is 0.544. The molecule has 0 radical (unpaired) electrons. The van der Waals surface area contributed by atoms with Gasteiger partial charge in [0, 0.05) is 23.3 Å². The van der Waals surface area contributed by atoms with E-state index >= 15 is 0 Å². The summed E-state index contributed by atoms with van der Waals surface area (Å²) in [7, 11) is 0. The molecule has 4 heteroatoms. The Morgan fingerprint density at radius 1 is 0.913 bits per heavy atom. The Kier molecular flexibility index (Phi) is 3.15. The maximum Gasteiger partial charge on any atom is 0.123 e. The fourth-order valence-electron chi connectivity index (χ4n) is 2.82. The van der Waals surface area contributed by atoms with Gasteiger partial charge < -0.3 is 0 Å². The predicted molar refractivity (Wildman–Crippen MR) is 89.0 cm³/mol. The van der Waals surface area contributed by atoms with Gasteiger partial charge >= 0.3 is 0 Å². The molecule has 23 heavy (non-hydrogen) atoms. The largest absolute Gasteiger partial charge is 0.264 e. The van der Waals surface area contributed by atoms with Gasteiger partial charge in [-0.25, -0.2) is 9.07 Å². The zero-order chi connectivity index (χ0) is 15.8. The van der Waals surface area contributed by atoms with E-state index in [-0.39, 0.29) is 5.82 Å². The highest BCUT2D eigenvalue weighted by atomic mass is 19.1. The number of aryl methyl sites for hydroxylation is 1. The van der Waals surface area contributed by atoms with Crippen LogP contribution in [0.5, 0.6) is 0 Å². The van der Waals surface area contributed by atoms with Gasteiger partial charge in [-0.2, -0.15) is 5.10 Å². The molecule has 0 aliphatic heterocycles. The molecule has 0 aliphatic rings. The molecule has 4 rings (SSSR count). The Morgan fingerprint density at radius 3 is 2.52 bits per heavy atom. The van der Waals surface area contributed by atoms with Crippen molar-refractivity contribution in [2.45, 2.75) is 6.92 Å². The van der Waals surface area contributed by atoms with Crippen molar-refractivity contribution >= 4 is 10.9 Å². The Hall–Kier alpha value is -3.01. The lowest BCUT2D eigenvalue weighted by Gasteiger charge is -2.08. The average molecular weight is 303 g/mol. The van der Waals surface area contributed by atoms with E-state index < -0.39 is 0 Å². The molecule has 0 unspecified atom stereocenters. The van der Waals surface area contributed by atoms with Crippen molar-refractivity contribution in [1.82, 2.24) is 14.8 Å². The predicted octanol–water partition coefficient (Wildman–Crippen LogP) is 4.54. The van der Waals surface area contributed by atoms with Crippen LogP contribution in [0.1, 0.15) is 5.56 Å². The van der Waals surface area contributed by atoms with Gasteiger partial charge in [0.25, 0.3) is 0 Å². The second kappa shape index (κ2) is 5.32. The average Bonchev–Trinajstić information content (AvgIpc) is 3.00. The van der Waals surface area contributed by atoms with Crippen molar-refractivity contribution < 1.29 is 4.39 Å². The summed E-state index contributed by atoms with van der Waals surface area (Å²) in [5, 5.41) is 5.53. The highest BCUT2D eigenvalue weighted by Gasteiger charge is 2.11. The van der Waals surface area contributed by atoms with Crippen molar-refractivity contribution in [3.63, 3.8) is 0 Å². The molecule has 0 saturated heterocycles. The zero-order valence-corrected chi connectivity index (χ0v) is 12.6. The molecule has 112 valence electrons. The lowest BCUT2D eigenvalue weighted by atomic mass is 10.00. The lowest BCUT2D eigenvalue weighted by molar-refractivity contribution is 0.627. The number of hydrogen-bond donors (Lipinski definition) is 0. The molecule has 0 N–H and O–H groups in total. The molecule has 0 aliphatic carbocycles. The molecule has 0 saturated carbocycles. The third-order valence-electron chi connectivity index (χ3n) is 4.01. The Bertz CT molecular complexity index is 987. The van der Waals surface area contributed by atoms with Crippen LogP contribution < -0.4 is 0 Å². The van der Waals surface area contributed by atoms with Gasteiger partial charge in [0.1, 0.15) is 5.82 Å². The molecule has 2 aromatic heterocycles. The molecule has 0 bridgehead atoms. The van der Waals surface area contributed by atoms with Crippen LogP contribution in [0, 0.1) is 12.7 Å². The van der Waals surface area contributed by atoms with Crippen LogP contribution in [-0.4, -0.2) is 14.8 Å². The minimum Gasteiger partial charge on any atom is -0.264 e. The summed E-state index contributed by atoms with van der Waals surface area (Å²) in [4.78, 5) is 4.23. The third kappa shape index (κ3) is 2.28. The minimum absolute atomic E-state index is 0.253. The van der Waals surface area contributed by atoms with Gasteiger partial charge in [0.2, 0.25) is 0 Å². The number of benzene rings is 2.